The van der Waals surface area contributed by atoms with Crippen molar-refractivity contribution < 1.29 is 14.6 Å². The number of pyridine rings is 1. The van der Waals surface area contributed by atoms with Gasteiger partial charge in [0, 0.05) is 17.4 Å². The lowest BCUT2D eigenvalue weighted by Crippen LogP contribution is -2.05. The van der Waals surface area contributed by atoms with Gasteiger partial charge in [0.1, 0.15) is 11.4 Å². The number of rotatable bonds is 5. The Kier molecular flexibility index (Phi) is 4.52. The molecule has 0 saturated carbocycles. The summed E-state index contributed by atoms with van der Waals surface area (Å²) in [6.07, 6.45) is 0. The highest BCUT2D eigenvalue weighted by Gasteiger charge is 2.09. The summed E-state index contributed by atoms with van der Waals surface area (Å²) in [6.45, 7) is 4.31. The van der Waals surface area contributed by atoms with Crippen molar-refractivity contribution in [2.24, 2.45) is 0 Å². The van der Waals surface area contributed by atoms with Crippen LogP contribution in [0.15, 0.2) is 24.3 Å². The van der Waals surface area contributed by atoms with Crippen LogP contribution in [-0.2, 0) is 6.54 Å². The highest BCUT2D eigenvalue weighted by atomic mass is 16.5. The van der Waals surface area contributed by atoms with E-state index in [-0.39, 0.29) is 5.75 Å². The fraction of sp³-hybridized carbons (Fsp3) is 0.312. The minimum absolute atomic E-state index is 0.186. The van der Waals surface area contributed by atoms with Gasteiger partial charge in [0.2, 0.25) is 0 Å². The van der Waals surface area contributed by atoms with Crippen molar-refractivity contribution in [1.82, 2.24) is 4.98 Å². The first-order valence-corrected chi connectivity index (χ1v) is 6.67. The molecule has 1 aromatic carbocycles. The first kappa shape index (κ1) is 15.0. The van der Waals surface area contributed by atoms with Crippen molar-refractivity contribution >= 4 is 5.69 Å². The first-order chi connectivity index (χ1) is 10.0. The van der Waals surface area contributed by atoms with Gasteiger partial charge in [-0.1, -0.05) is 0 Å². The summed E-state index contributed by atoms with van der Waals surface area (Å²) >= 11 is 0. The molecule has 1 aromatic heterocycles. The molecule has 5 heteroatoms. The van der Waals surface area contributed by atoms with E-state index in [1.807, 2.05) is 26.0 Å². The maximum Gasteiger partial charge on any atom is 0.162 e. The Bertz CT molecular complexity index is 642. The molecule has 0 aliphatic heterocycles. The Morgan fingerprint density at radius 1 is 1.10 bits per heavy atom. The maximum atomic E-state index is 9.82. The fourth-order valence-electron chi connectivity index (χ4n) is 2.08. The van der Waals surface area contributed by atoms with Crippen LogP contribution in [0.1, 0.15) is 17.0 Å². The van der Waals surface area contributed by atoms with Crippen LogP contribution < -0.4 is 14.8 Å². The molecular weight excluding hydrogens is 268 g/mol. The summed E-state index contributed by atoms with van der Waals surface area (Å²) in [5, 5.41) is 13.1. The van der Waals surface area contributed by atoms with Crippen LogP contribution in [-0.4, -0.2) is 24.3 Å². The molecule has 21 heavy (non-hydrogen) atoms. The predicted molar refractivity (Wildman–Crippen MR) is 82.2 cm³/mol. The number of aryl methyl sites for hydroxylation is 2. The van der Waals surface area contributed by atoms with Crippen molar-refractivity contribution in [3.63, 3.8) is 0 Å². The van der Waals surface area contributed by atoms with Crippen LogP contribution >= 0.6 is 0 Å². The van der Waals surface area contributed by atoms with Gasteiger partial charge in [-0.15, -0.1) is 0 Å². The summed E-state index contributed by atoms with van der Waals surface area (Å²) in [4.78, 5) is 4.33. The number of nitrogens with one attached hydrogen (secondary N) is 1. The van der Waals surface area contributed by atoms with Gasteiger partial charge in [-0.25, -0.2) is 0 Å². The van der Waals surface area contributed by atoms with Gasteiger partial charge in [-0.2, -0.15) is 0 Å². The lowest BCUT2D eigenvalue weighted by atomic mass is 10.1. The van der Waals surface area contributed by atoms with E-state index < -0.39 is 0 Å². The van der Waals surface area contributed by atoms with Gasteiger partial charge >= 0.3 is 0 Å². The number of anilines is 1. The zero-order valence-corrected chi connectivity index (χ0v) is 12.7. The zero-order valence-electron chi connectivity index (χ0n) is 12.7. The Balaban J connectivity index is 2.21. The largest absolute Gasteiger partial charge is 0.506 e. The lowest BCUT2D eigenvalue weighted by molar-refractivity contribution is 0.355. The number of methoxy groups -OCH3 is 2. The number of ether oxygens (including phenoxy) is 2. The summed E-state index contributed by atoms with van der Waals surface area (Å²) < 4.78 is 10.6. The molecule has 0 radical (unpaired) electrons. The molecule has 0 fully saturated rings. The molecule has 0 unspecified atom stereocenters. The van der Waals surface area contributed by atoms with Crippen molar-refractivity contribution in [3.8, 4) is 17.2 Å². The fourth-order valence-corrected chi connectivity index (χ4v) is 2.08. The quantitative estimate of drug-likeness (QED) is 0.885. The smallest absolute Gasteiger partial charge is 0.162 e. The molecule has 2 rings (SSSR count). The molecular formula is C16H20N2O3. The van der Waals surface area contributed by atoms with E-state index in [4.69, 9.17) is 9.47 Å². The van der Waals surface area contributed by atoms with Crippen molar-refractivity contribution in [1.29, 1.82) is 0 Å². The highest BCUT2D eigenvalue weighted by Crippen LogP contribution is 2.33. The monoisotopic (exact) mass is 288 g/mol. The molecule has 0 aliphatic carbocycles. The van der Waals surface area contributed by atoms with E-state index in [0.29, 0.717) is 23.7 Å². The maximum absolute atomic E-state index is 9.82. The van der Waals surface area contributed by atoms with Gasteiger partial charge in [0.05, 0.1) is 20.8 Å². The Hall–Kier alpha value is -2.43. The summed E-state index contributed by atoms with van der Waals surface area (Å²) in [5.74, 6) is 1.54. The van der Waals surface area contributed by atoms with Crippen molar-refractivity contribution in [2.75, 3.05) is 19.5 Å². The topological polar surface area (TPSA) is 63.6 Å². The second-order valence-corrected chi connectivity index (χ2v) is 4.79. The van der Waals surface area contributed by atoms with Gasteiger partial charge in [-0.05, 0) is 37.6 Å². The second-order valence-electron chi connectivity index (χ2n) is 4.79. The molecule has 1 heterocycles. The standard InChI is InChI=1S/C16H20N2O3/c1-10-7-15(20-3)16(21-4)8-12(10)17-9-13-14(19)6-5-11(2)18-13/h5-8,17,19H,9H2,1-4H3. The molecule has 112 valence electrons. The third-order valence-corrected chi connectivity index (χ3v) is 3.27. The number of aromatic nitrogens is 1. The van der Waals surface area contributed by atoms with E-state index in [9.17, 15) is 5.11 Å². The third kappa shape index (κ3) is 3.37. The summed E-state index contributed by atoms with van der Waals surface area (Å²) in [5.41, 5.74) is 3.42. The Labute approximate surface area is 124 Å². The van der Waals surface area contributed by atoms with Crippen LogP contribution in [0, 0.1) is 13.8 Å². The number of hydrogen-bond acceptors (Lipinski definition) is 5. The lowest BCUT2D eigenvalue weighted by Gasteiger charge is -2.14. The number of benzene rings is 1. The highest BCUT2D eigenvalue weighted by molar-refractivity contribution is 5.60. The first-order valence-electron chi connectivity index (χ1n) is 6.67. The molecule has 0 aliphatic rings. The van der Waals surface area contributed by atoms with E-state index >= 15 is 0 Å². The van der Waals surface area contributed by atoms with E-state index in [1.165, 1.54) is 0 Å². The molecule has 0 saturated heterocycles. The van der Waals surface area contributed by atoms with Crippen molar-refractivity contribution in [2.45, 2.75) is 20.4 Å². The molecule has 0 bridgehead atoms. The van der Waals surface area contributed by atoms with E-state index in [0.717, 1.165) is 16.9 Å². The molecule has 5 nitrogen and oxygen atoms in total. The molecule has 0 spiro atoms. The Morgan fingerprint density at radius 2 is 1.76 bits per heavy atom. The summed E-state index contributed by atoms with van der Waals surface area (Å²) in [6, 6.07) is 7.22. The molecule has 0 amide bonds. The minimum atomic E-state index is 0.186. The second kappa shape index (κ2) is 6.35. The van der Waals surface area contributed by atoms with Crippen LogP contribution in [0.5, 0.6) is 17.2 Å². The van der Waals surface area contributed by atoms with Crippen molar-refractivity contribution in [3.05, 3.63) is 41.2 Å². The normalized spacial score (nSPS) is 10.3. The van der Waals surface area contributed by atoms with Gasteiger partial charge < -0.3 is 19.9 Å². The minimum Gasteiger partial charge on any atom is -0.506 e. The van der Waals surface area contributed by atoms with Gasteiger partial charge in [-0.3, -0.25) is 4.98 Å². The third-order valence-electron chi connectivity index (χ3n) is 3.27. The molecule has 2 aromatic rings. The Morgan fingerprint density at radius 3 is 2.43 bits per heavy atom. The zero-order chi connectivity index (χ0) is 15.4. The van der Waals surface area contributed by atoms with Gasteiger partial charge in [0.15, 0.2) is 11.5 Å². The van der Waals surface area contributed by atoms with Gasteiger partial charge in [0.25, 0.3) is 0 Å². The number of aromatic hydroxyl groups is 1. The molecule has 2 N–H and O–H groups in total. The SMILES string of the molecule is COc1cc(C)c(NCc2nc(C)ccc2O)cc1OC. The molecule has 0 atom stereocenters. The number of nitrogens with zero attached hydrogens (tertiary/aromatic N) is 1. The van der Waals surface area contributed by atoms with Crippen LogP contribution in [0.3, 0.4) is 0 Å². The number of hydrogen-bond donors (Lipinski definition) is 2. The van der Waals surface area contributed by atoms with E-state index in [2.05, 4.69) is 10.3 Å². The predicted octanol–water partition coefficient (Wildman–Crippen LogP) is 3.03. The summed E-state index contributed by atoms with van der Waals surface area (Å²) in [7, 11) is 3.21. The van der Waals surface area contributed by atoms with Crippen LogP contribution in [0.2, 0.25) is 0 Å². The average molecular weight is 288 g/mol. The van der Waals surface area contributed by atoms with E-state index in [1.54, 1.807) is 26.4 Å². The van der Waals surface area contributed by atoms with Crippen LogP contribution in [0.4, 0.5) is 5.69 Å². The van der Waals surface area contributed by atoms with Crippen LogP contribution in [0.25, 0.3) is 0 Å². The average Bonchev–Trinajstić information content (AvgIpc) is 2.48.